The smallest absolute Gasteiger partial charge is 0.176 e. The lowest BCUT2D eigenvalue weighted by molar-refractivity contribution is 0.329. The molecule has 2 rings (SSSR count). The van der Waals surface area contributed by atoms with Crippen molar-refractivity contribution < 1.29 is 9.47 Å². The first-order valence-corrected chi connectivity index (χ1v) is 7.60. The van der Waals surface area contributed by atoms with Crippen LogP contribution < -0.4 is 9.47 Å². The quantitative estimate of drug-likeness (QED) is 0.611. The molecule has 0 atom stereocenters. The van der Waals surface area contributed by atoms with Gasteiger partial charge in [-0.05, 0) is 40.9 Å². The van der Waals surface area contributed by atoms with E-state index in [0.29, 0.717) is 11.5 Å². The van der Waals surface area contributed by atoms with Gasteiger partial charge in [0, 0.05) is 18.7 Å². The third-order valence-electron chi connectivity index (χ3n) is 3.17. The van der Waals surface area contributed by atoms with E-state index in [-0.39, 0.29) is 6.61 Å². The van der Waals surface area contributed by atoms with E-state index in [1.165, 1.54) is 12.8 Å². The number of benzene rings is 1. The van der Waals surface area contributed by atoms with Gasteiger partial charge in [-0.15, -0.1) is 6.42 Å². The van der Waals surface area contributed by atoms with E-state index in [0.717, 1.165) is 28.1 Å². The highest BCUT2D eigenvalue weighted by Crippen LogP contribution is 2.37. The van der Waals surface area contributed by atoms with Crippen LogP contribution in [0.3, 0.4) is 0 Å². The lowest BCUT2D eigenvalue weighted by atomic mass is 10.2. The summed E-state index contributed by atoms with van der Waals surface area (Å²) in [7, 11) is 1.60. The summed E-state index contributed by atoms with van der Waals surface area (Å²) in [5.41, 5.74) is 0.957. The second-order valence-electron chi connectivity index (χ2n) is 4.48. The molecule has 5 heteroatoms. The van der Waals surface area contributed by atoms with Gasteiger partial charge >= 0.3 is 0 Å². The van der Waals surface area contributed by atoms with Crippen molar-refractivity contribution in [3.8, 4) is 23.8 Å². The number of halogens is 1. The Morgan fingerprint density at radius 3 is 2.75 bits per heavy atom. The molecule has 3 nitrogen and oxygen atoms in total. The Balaban J connectivity index is 2.29. The summed E-state index contributed by atoms with van der Waals surface area (Å²) in [6.45, 7) is 2.24. The zero-order valence-corrected chi connectivity index (χ0v) is 13.7. The fraction of sp³-hybridized carbons (Fsp3) is 0.400. The average Bonchev–Trinajstić information content (AvgIpc) is 2.98. The molecular formula is C15H16BrNO2S. The summed E-state index contributed by atoms with van der Waals surface area (Å²) in [6, 6.07) is 3.85. The van der Waals surface area contributed by atoms with E-state index in [2.05, 4.69) is 26.8 Å². The van der Waals surface area contributed by atoms with Gasteiger partial charge in [0.15, 0.2) is 11.5 Å². The number of thiocarbonyl (C=S) groups is 1. The van der Waals surface area contributed by atoms with Gasteiger partial charge in [-0.25, -0.2) is 0 Å². The number of rotatable bonds is 4. The molecule has 0 unspecified atom stereocenters. The molecule has 0 bridgehead atoms. The van der Waals surface area contributed by atoms with Crippen LogP contribution in [0.5, 0.6) is 11.5 Å². The van der Waals surface area contributed by atoms with Gasteiger partial charge in [0.1, 0.15) is 11.6 Å². The van der Waals surface area contributed by atoms with Gasteiger partial charge < -0.3 is 14.4 Å². The number of methoxy groups -OCH3 is 1. The lowest BCUT2D eigenvalue weighted by Crippen LogP contribution is -2.26. The average molecular weight is 354 g/mol. The Bertz CT molecular complexity index is 548. The predicted molar refractivity (Wildman–Crippen MR) is 87.5 cm³/mol. The van der Waals surface area contributed by atoms with Crippen molar-refractivity contribution in [3.63, 3.8) is 0 Å². The number of nitrogens with zero attached hydrogens (tertiary/aromatic N) is 1. The zero-order valence-electron chi connectivity index (χ0n) is 11.3. The summed E-state index contributed by atoms with van der Waals surface area (Å²) in [4.78, 5) is 3.07. The Morgan fingerprint density at radius 1 is 1.45 bits per heavy atom. The molecule has 1 aliphatic rings. The van der Waals surface area contributed by atoms with Crippen LogP contribution in [0.2, 0.25) is 0 Å². The Hall–Kier alpha value is -1.25. The maximum atomic E-state index is 5.55. The van der Waals surface area contributed by atoms with Crippen molar-refractivity contribution in [2.75, 3.05) is 26.8 Å². The maximum Gasteiger partial charge on any atom is 0.176 e. The largest absolute Gasteiger partial charge is 0.493 e. The molecule has 0 N–H and O–H groups in total. The van der Waals surface area contributed by atoms with Crippen molar-refractivity contribution in [1.29, 1.82) is 0 Å². The third-order valence-corrected chi connectivity index (χ3v) is 4.25. The molecular weight excluding hydrogens is 338 g/mol. The summed E-state index contributed by atoms with van der Waals surface area (Å²) >= 11 is 9.05. The van der Waals surface area contributed by atoms with Gasteiger partial charge in [-0.2, -0.15) is 0 Å². The summed E-state index contributed by atoms with van der Waals surface area (Å²) in [5.74, 6) is 3.68. The molecule has 1 aromatic rings. The molecule has 0 spiro atoms. The number of terminal acetylenes is 1. The second kappa shape index (κ2) is 6.96. The molecule has 1 aliphatic heterocycles. The lowest BCUT2D eigenvalue weighted by Gasteiger charge is -2.20. The van der Waals surface area contributed by atoms with Crippen LogP contribution in [0, 0.1) is 12.3 Å². The normalized spacial score (nSPS) is 13.9. The second-order valence-corrected chi connectivity index (χ2v) is 5.72. The Morgan fingerprint density at radius 2 is 2.15 bits per heavy atom. The Kier molecular flexibility index (Phi) is 5.27. The number of hydrogen-bond donors (Lipinski definition) is 0. The molecule has 0 aromatic heterocycles. The highest BCUT2D eigenvalue weighted by Gasteiger charge is 2.19. The SMILES string of the molecule is C#CCOc1c(Br)cc(C(=S)N2CCCC2)cc1OC. The zero-order chi connectivity index (χ0) is 14.5. The minimum Gasteiger partial charge on any atom is -0.493 e. The van der Waals surface area contributed by atoms with Crippen LogP contribution >= 0.6 is 28.1 Å². The molecule has 0 aliphatic carbocycles. The van der Waals surface area contributed by atoms with E-state index >= 15 is 0 Å². The van der Waals surface area contributed by atoms with E-state index in [1.807, 2.05) is 12.1 Å². The number of likely N-dealkylation sites (tertiary alicyclic amines) is 1. The van der Waals surface area contributed by atoms with Crippen molar-refractivity contribution in [1.82, 2.24) is 4.90 Å². The fourth-order valence-corrected chi connectivity index (χ4v) is 3.06. The van der Waals surface area contributed by atoms with Crippen LogP contribution in [0.1, 0.15) is 18.4 Å². The molecule has 0 saturated carbocycles. The molecule has 1 heterocycles. The number of ether oxygens (including phenoxy) is 2. The van der Waals surface area contributed by atoms with Crippen molar-refractivity contribution >= 4 is 33.1 Å². The molecule has 1 aromatic carbocycles. The summed E-state index contributed by atoms with van der Waals surface area (Å²) in [5, 5.41) is 0. The highest BCUT2D eigenvalue weighted by atomic mass is 79.9. The van der Waals surface area contributed by atoms with Gasteiger partial charge in [0.25, 0.3) is 0 Å². The summed E-state index contributed by atoms with van der Waals surface area (Å²) in [6.07, 6.45) is 7.61. The minimum atomic E-state index is 0.199. The van der Waals surface area contributed by atoms with E-state index < -0.39 is 0 Å². The highest BCUT2D eigenvalue weighted by molar-refractivity contribution is 9.10. The predicted octanol–water partition coefficient (Wildman–Crippen LogP) is 3.24. The van der Waals surface area contributed by atoms with E-state index in [9.17, 15) is 0 Å². The molecule has 0 radical (unpaired) electrons. The van der Waals surface area contributed by atoms with Gasteiger partial charge in [-0.1, -0.05) is 18.1 Å². The van der Waals surface area contributed by atoms with Crippen LogP contribution in [0.15, 0.2) is 16.6 Å². The molecule has 20 heavy (non-hydrogen) atoms. The van der Waals surface area contributed by atoms with Crippen LogP contribution in [0.25, 0.3) is 0 Å². The molecule has 1 saturated heterocycles. The van der Waals surface area contributed by atoms with Crippen molar-refractivity contribution in [2.45, 2.75) is 12.8 Å². The monoisotopic (exact) mass is 353 g/mol. The first-order chi connectivity index (χ1) is 9.67. The molecule has 1 fully saturated rings. The first kappa shape index (κ1) is 15.1. The standard InChI is InChI=1S/C15H16BrNO2S/c1-3-8-19-14-12(16)9-11(10-13(14)18-2)15(20)17-6-4-5-7-17/h1,9-10H,4-8H2,2H3. The third kappa shape index (κ3) is 3.25. The Labute approximate surface area is 133 Å². The number of hydrogen-bond acceptors (Lipinski definition) is 3. The van der Waals surface area contributed by atoms with E-state index in [4.69, 9.17) is 28.1 Å². The van der Waals surface area contributed by atoms with Crippen LogP contribution in [-0.2, 0) is 0 Å². The van der Waals surface area contributed by atoms with Gasteiger partial charge in [0.05, 0.1) is 11.6 Å². The van der Waals surface area contributed by atoms with Crippen molar-refractivity contribution in [3.05, 3.63) is 22.2 Å². The maximum absolute atomic E-state index is 5.55. The van der Waals surface area contributed by atoms with Gasteiger partial charge in [0.2, 0.25) is 0 Å². The topological polar surface area (TPSA) is 21.7 Å². The van der Waals surface area contributed by atoms with Crippen LogP contribution in [-0.4, -0.2) is 36.7 Å². The fourth-order valence-electron chi connectivity index (χ4n) is 2.20. The first-order valence-electron chi connectivity index (χ1n) is 6.40. The minimum absolute atomic E-state index is 0.199. The van der Waals surface area contributed by atoms with Gasteiger partial charge in [-0.3, -0.25) is 0 Å². The molecule has 0 amide bonds. The molecule has 106 valence electrons. The van der Waals surface area contributed by atoms with Crippen LogP contribution in [0.4, 0.5) is 0 Å². The van der Waals surface area contributed by atoms with E-state index in [1.54, 1.807) is 7.11 Å². The summed E-state index contributed by atoms with van der Waals surface area (Å²) < 4.78 is 11.7. The van der Waals surface area contributed by atoms with Crippen molar-refractivity contribution in [2.24, 2.45) is 0 Å².